The SMILES string of the molecule is CCOC(=O)N[C@@H]1CC[C@@H]2[C@@H](C1)C[C@@H]1CNC(=O)[C@@H]1[C@H]2/C=C/c1ccc(-c2cccc(F)c2)cn1.CCOC(=O)N[C@@H]1CC[C@@H]2[C@@H](C1)C[C@@H]1CNS(=O)(=O)[C@@H]1[C@H]2/C=C/c1ccc(-c2cccc(F)c2)cn1.CCOC(=O)N[C@@H]1CC[C@@H]2[C@@H](C1)C[C@@H]1COC(=O)[C@@H]1[C@H]2/C=C/c1ccc(-c2cccc(F)c2)cn1.CCOC(=O)N[C@@H]1CC[C@@H]2[C@@H](C1)C[C@H]1CC(=O)N[C@H]1[C@H]2/C=C/c1ccc(-c2cccc(F)c2)cn1. The van der Waals surface area contributed by atoms with E-state index in [4.69, 9.17) is 23.7 Å². The molecular weight excluding hydrogens is 1820 g/mol. The number of sulfonamides is 1. The molecule has 8 heterocycles. The van der Waals surface area contributed by atoms with Gasteiger partial charge in [-0.05, 0) is 333 Å². The van der Waals surface area contributed by atoms with Crippen LogP contribution in [0.25, 0.3) is 68.8 Å². The van der Waals surface area contributed by atoms with E-state index >= 15 is 0 Å². The zero-order valence-corrected chi connectivity index (χ0v) is 80.9. The van der Waals surface area contributed by atoms with Gasteiger partial charge >= 0.3 is 30.3 Å². The Balaban J connectivity index is 0.000000130. The van der Waals surface area contributed by atoms with Crippen LogP contribution in [-0.2, 0) is 48.1 Å². The second-order valence-corrected chi connectivity index (χ2v) is 41.9. The topological polar surface area (TPSA) is 336 Å². The molecule has 8 aliphatic carbocycles. The first-order chi connectivity index (χ1) is 68.4. The third kappa shape index (κ3) is 24.7. The number of halogens is 4. The summed E-state index contributed by atoms with van der Waals surface area (Å²) in [7, 11) is -3.38. The van der Waals surface area contributed by atoms with E-state index in [-0.39, 0.29) is 149 Å². The number of ether oxygens (including phenoxy) is 5. The van der Waals surface area contributed by atoms with Crippen molar-refractivity contribution >= 4 is 76.5 Å². The Labute approximate surface area is 821 Å². The zero-order valence-electron chi connectivity index (χ0n) is 80.0. The standard InChI is InChI=1S/2C28H32FN3O3.C28H31FN2O4.C27H32FN3O4S/c1-2-35-28(34)31-23-9-10-24-19(14-23)12-20-15-26(33)32-27(20)25(24)11-8-22-7-6-18(16-30-22)17-4-3-5-21(29)13-17;1-2-35-28(34)32-23-9-10-24-19(14-23)12-20-16-31-27(33)26(20)25(24)11-8-22-7-6-18(15-30-22)17-4-3-5-21(29)13-17;1-2-34-28(33)31-23-9-10-24-19(14-23)12-20-16-35-27(32)26(20)25(24)11-8-22-7-6-18(15-30-22)17-4-3-5-21(29)13-17;1-2-35-27(32)31-23-9-10-24-19(14-23)12-20-16-30-36(33,34)26(20)25(24)11-8-22-7-6-18(15-29-22)17-4-3-5-21(28)13-17/h3-8,11,13,16,19-20,23-25,27H,2,9-10,12,14-15H2,1H3,(H,31,34)(H,32,33);3-8,11,13,15,19-20,23-26H,2,9-10,12,14,16H2,1H3,(H,31,33)(H,32,34);3-8,11,13,15,19-20,23-26H,2,9-10,12,14,16H2,1H3,(H,31,33);3-8,11,13,15,19-20,23-26,30H,2,9-10,12,14,16H2,1H3,(H,31,32)/b4*11-8+/t19-,20+,23-,24-,25+,27-;3*19-,20-,23-,24-,25+,26+/m1111/s1. The number of allylic oxidation sites excluding steroid dienone is 3. The molecule has 4 aromatic heterocycles. The van der Waals surface area contributed by atoms with Crippen molar-refractivity contribution in [1.29, 1.82) is 0 Å². The van der Waals surface area contributed by atoms with Crippen molar-refractivity contribution < 1.29 is 83.2 Å². The van der Waals surface area contributed by atoms with Gasteiger partial charge in [0.2, 0.25) is 21.8 Å². The smallest absolute Gasteiger partial charge is 0.407 e. The number of hydrogen-bond acceptors (Lipinski definition) is 18. The maximum Gasteiger partial charge on any atom is 0.407 e. The molecule has 25 nitrogen and oxygen atoms in total. The lowest BCUT2D eigenvalue weighted by Gasteiger charge is -2.47. The van der Waals surface area contributed by atoms with Crippen molar-refractivity contribution in [2.45, 2.75) is 172 Å². The number of aromatic nitrogens is 4. The number of fused-ring (bicyclic) bond motifs is 8. The predicted molar refractivity (Wildman–Crippen MR) is 528 cm³/mol. The Bertz CT molecular complexity index is 5770. The number of carbonyl (C=O) groups is 7. The van der Waals surface area contributed by atoms with E-state index in [0.717, 1.165) is 177 Å². The summed E-state index contributed by atoms with van der Waals surface area (Å²) in [4.78, 5) is 104. The lowest BCUT2D eigenvalue weighted by atomic mass is 9.58. The van der Waals surface area contributed by atoms with Crippen LogP contribution in [0, 0.1) is 130 Å². The van der Waals surface area contributed by atoms with Crippen LogP contribution in [0.4, 0.5) is 36.7 Å². The van der Waals surface area contributed by atoms with Gasteiger partial charge in [-0.1, -0.05) is 97.1 Å². The van der Waals surface area contributed by atoms with E-state index in [2.05, 4.69) is 74.8 Å². The maximum atomic E-state index is 13.6. The van der Waals surface area contributed by atoms with Gasteiger partial charge in [-0.15, -0.1) is 0 Å². The molecule has 0 spiro atoms. The third-order valence-electron chi connectivity index (χ3n) is 31.5. The molecular formula is C111H127F4N11O14S. The van der Waals surface area contributed by atoms with Gasteiger partial charge in [0, 0.05) is 115 Å². The second kappa shape index (κ2) is 46.1. The fourth-order valence-corrected chi connectivity index (χ4v) is 27.5. The molecule has 0 unspecified atom stereocenters. The Hall–Kier alpha value is -12.4. The first-order valence-electron chi connectivity index (χ1n) is 50.4. The summed E-state index contributed by atoms with van der Waals surface area (Å²) in [5, 5.41) is 17.9. The molecule has 0 radical (unpaired) electrons. The number of cyclic esters (lactones) is 1. The third-order valence-corrected chi connectivity index (χ3v) is 33.5. The molecule has 7 N–H and O–H groups in total. The van der Waals surface area contributed by atoms with Crippen molar-refractivity contribution in [2.75, 3.05) is 46.1 Å². The van der Waals surface area contributed by atoms with Gasteiger partial charge in [-0.3, -0.25) is 34.3 Å². The zero-order chi connectivity index (χ0) is 98.4. The molecule has 12 fully saturated rings. The first kappa shape index (κ1) is 100. The summed E-state index contributed by atoms with van der Waals surface area (Å²) < 4.78 is 109. The quantitative estimate of drug-likeness (QED) is 0.0212. The van der Waals surface area contributed by atoms with Crippen LogP contribution in [0.5, 0.6) is 0 Å². The van der Waals surface area contributed by atoms with Gasteiger partial charge in [0.25, 0.3) is 0 Å². The van der Waals surface area contributed by atoms with Gasteiger partial charge in [0.05, 0.1) is 67.0 Å². The minimum atomic E-state index is -3.38. The van der Waals surface area contributed by atoms with Crippen LogP contribution in [0.1, 0.15) is 160 Å². The highest BCUT2D eigenvalue weighted by atomic mass is 32.2. The molecule has 4 saturated heterocycles. The predicted octanol–water partition coefficient (Wildman–Crippen LogP) is 19.4. The maximum absolute atomic E-state index is 13.6. The summed E-state index contributed by atoms with van der Waals surface area (Å²) >= 11 is 0. The summed E-state index contributed by atoms with van der Waals surface area (Å²) in [6.07, 6.45) is 37.3. The number of nitrogens with one attached hydrogen (secondary N) is 7. The van der Waals surface area contributed by atoms with Crippen LogP contribution in [0.15, 0.2) is 195 Å². The second-order valence-electron chi connectivity index (χ2n) is 39.9. The normalized spacial score (nSPS) is 30.1. The number of hydrogen-bond donors (Lipinski definition) is 7. The van der Waals surface area contributed by atoms with E-state index in [1.165, 1.54) is 48.5 Å². The average Bonchev–Trinajstić information content (AvgIpc) is 1.61. The molecule has 20 rings (SSSR count). The van der Waals surface area contributed by atoms with Crippen molar-refractivity contribution in [3.8, 4) is 44.5 Å². The van der Waals surface area contributed by atoms with E-state index in [0.29, 0.717) is 99.3 Å². The van der Waals surface area contributed by atoms with Gasteiger partial charge in [0.15, 0.2) is 0 Å². The van der Waals surface area contributed by atoms with Crippen LogP contribution in [-0.4, -0.2) is 152 Å². The molecule has 6 amide bonds. The molecule has 141 heavy (non-hydrogen) atoms. The Morgan fingerprint density at radius 1 is 0.390 bits per heavy atom. The van der Waals surface area contributed by atoms with Crippen molar-refractivity contribution in [1.82, 2.24) is 56.6 Å². The molecule has 4 aromatic carbocycles. The monoisotopic (exact) mass is 1950 g/mol. The number of carbonyl (C=O) groups excluding carboxylic acids is 7. The van der Waals surface area contributed by atoms with Crippen LogP contribution >= 0.6 is 0 Å². The Kier molecular flexibility index (Phi) is 32.7. The average molecular weight is 1950 g/mol. The van der Waals surface area contributed by atoms with E-state index in [1.807, 2.05) is 117 Å². The first-order valence-corrected chi connectivity index (χ1v) is 52.0. The summed E-state index contributed by atoms with van der Waals surface area (Å²) in [6.45, 7) is 10.3. The Morgan fingerprint density at radius 3 is 1.10 bits per heavy atom. The van der Waals surface area contributed by atoms with Crippen LogP contribution in [0.3, 0.4) is 0 Å². The molecule has 8 aromatic rings. The summed E-state index contributed by atoms with van der Waals surface area (Å²) in [5.74, 6) is 3.35. The minimum absolute atomic E-state index is 0.00590. The molecule has 0 bridgehead atoms. The van der Waals surface area contributed by atoms with E-state index in [9.17, 15) is 59.5 Å². The molecule has 24 atom stereocenters. The number of rotatable bonds is 20. The number of alkyl carbamates (subject to hydrolysis) is 4. The van der Waals surface area contributed by atoms with Gasteiger partial charge in [-0.2, -0.15) is 0 Å². The van der Waals surface area contributed by atoms with Crippen LogP contribution in [0.2, 0.25) is 0 Å². The molecule has 12 aliphatic rings. The molecule has 8 saturated carbocycles. The van der Waals surface area contributed by atoms with Crippen molar-refractivity contribution in [2.24, 2.45) is 107 Å². The largest absolute Gasteiger partial charge is 0.465 e. The molecule has 30 heteroatoms. The highest BCUT2D eigenvalue weighted by Crippen LogP contribution is 2.56. The number of amides is 6. The fourth-order valence-electron chi connectivity index (χ4n) is 25.5. The van der Waals surface area contributed by atoms with Gasteiger partial charge in [0.1, 0.15) is 23.3 Å². The van der Waals surface area contributed by atoms with Crippen molar-refractivity contribution in [3.63, 3.8) is 0 Å². The Morgan fingerprint density at radius 2 is 0.730 bits per heavy atom. The lowest BCUT2D eigenvalue weighted by Crippen LogP contribution is -2.50. The molecule has 4 aliphatic heterocycles. The number of benzene rings is 4. The summed E-state index contributed by atoms with van der Waals surface area (Å²) in [6, 6.07) is 41.8. The number of nitrogens with zero attached hydrogens (tertiary/aromatic N) is 4. The van der Waals surface area contributed by atoms with Crippen molar-refractivity contribution in [3.05, 3.63) is 241 Å². The number of esters is 1. The van der Waals surface area contributed by atoms with Gasteiger partial charge in [-0.25, -0.2) is 49.9 Å². The van der Waals surface area contributed by atoms with Gasteiger partial charge < -0.3 is 55.6 Å². The lowest BCUT2D eigenvalue weighted by molar-refractivity contribution is -0.143. The fraction of sp³-hybridized carbons (Fsp3) is 0.468. The van der Waals surface area contributed by atoms with Crippen LogP contribution < -0.4 is 36.6 Å². The highest BCUT2D eigenvalue weighted by molar-refractivity contribution is 7.90. The summed E-state index contributed by atoms with van der Waals surface area (Å²) in [5.41, 5.74) is 9.73. The minimum Gasteiger partial charge on any atom is -0.465 e. The van der Waals surface area contributed by atoms with E-state index < -0.39 is 15.3 Å². The highest BCUT2D eigenvalue weighted by Gasteiger charge is 2.57. The number of pyridine rings is 4. The molecule has 744 valence electrons. The van der Waals surface area contributed by atoms with E-state index in [1.54, 1.807) is 62.9 Å².